The van der Waals surface area contributed by atoms with Gasteiger partial charge in [0.25, 0.3) is 0 Å². The van der Waals surface area contributed by atoms with E-state index in [9.17, 15) is 14.7 Å². The number of likely N-dealkylation sites (tertiary alicyclic amines) is 1. The second-order valence-electron chi connectivity index (χ2n) is 7.13. The van der Waals surface area contributed by atoms with Crippen molar-refractivity contribution in [1.29, 1.82) is 0 Å². The summed E-state index contributed by atoms with van der Waals surface area (Å²) in [4.78, 5) is 24.6. The Balaban J connectivity index is 2.72. The summed E-state index contributed by atoms with van der Waals surface area (Å²) in [7, 11) is 0. The van der Waals surface area contributed by atoms with Crippen molar-refractivity contribution >= 4 is 12.1 Å². The summed E-state index contributed by atoms with van der Waals surface area (Å²) >= 11 is 0. The first-order valence-electron chi connectivity index (χ1n) is 7.82. The lowest BCUT2D eigenvalue weighted by Gasteiger charge is -2.45. The largest absolute Gasteiger partial charge is 0.466 e. The van der Waals surface area contributed by atoms with Gasteiger partial charge in [0.1, 0.15) is 0 Å². The van der Waals surface area contributed by atoms with Crippen LogP contribution >= 0.6 is 0 Å². The van der Waals surface area contributed by atoms with Crippen LogP contribution in [-0.4, -0.2) is 41.3 Å². The number of hydrogen-bond acceptors (Lipinski definition) is 3. The zero-order chi connectivity index (χ0) is 16.2. The zero-order valence-electron chi connectivity index (χ0n) is 13.9. The minimum atomic E-state index is -0.841. The van der Waals surface area contributed by atoms with E-state index in [1.54, 1.807) is 4.90 Å². The second-order valence-corrected chi connectivity index (χ2v) is 7.13. The summed E-state index contributed by atoms with van der Waals surface area (Å²) < 4.78 is 5.01. The molecular formula is C16H29NO4. The molecule has 1 saturated heterocycles. The van der Waals surface area contributed by atoms with Gasteiger partial charge in [0, 0.05) is 19.0 Å². The van der Waals surface area contributed by atoms with Gasteiger partial charge in [-0.1, -0.05) is 27.7 Å². The van der Waals surface area contributed by atoms with E-state index in [1.165, 1.54) is 0 Å². The average Bonchev–Trinajstić information content (AvgIpc) is 2.37. The smallest absolute Gasteiger partial charge is 0.407 e. The maximum atomic E-state index is 11.6. The molecule has 1 N–H and O–H groups in total. The minimum absolute atomic E-state index is 0.00149. The Morgan fingerprint density at radius 3 is 2.48 bits per heavy atom. The summed E-state index contributed by atoms with van der Waals surface area (Å²) in [6.07, 6.45) is 1.21. The quantitative estimate of drug-likeness (QED) is 0.808. The van der Waals surface area contributed by atoms with Crippen LogP contribution < -0.4 is 0 Å². The third-order valence-electron chi connectivity index (χ3n) is 4.49. The normalized spacial score (nSPS) is 24.5. The molecule has 1 amide bonds. The lowest BCUT2D eigenvalue weighted by molar-refractivity contribution is -0.144. The maximum Gasteiger partial charge on any atom is 0.407 e. The van der Waals surface area contributed by atoms with Gasteiger partial charge in [-0.2, -0.15) is 0 Å². The third-order valence-corrected chi connectivity index (χ3v) is 4.49. The van der Waals surface area contributed by atoms with Gasteiger partial charge in [0.05, 0.1) is 6.61 Å². The van der Waals surface area contributed by atoms with Crippen molar-refractivity contribution in [1.82, 2.24) is 4.90 Å². The predicted molar refractivity (Wildman–Crippen MR) is 81.1 cm³/mol. The molecular weight excluding hydrogens is 270 g/mol. The van der Waals surface area contributed by atoms with Gasteiger partial charge in [-0.15, -0.1) is 0 Å². The van der Waals surface area contributed by atoms with Gasteiger partial charge in [-0.25, -0.2) is 4.79 Å². The van der Waals surface area contributed by atoms with Crippen LogP contribution in [0.1, 0.15) is 53.9 Å². The Morgan fingerprint density at radius 2 is 2.00 bits per heavy atom. The maximum absolute atomic E-state index is 11.6. The fourth-order valence-corrected chi connectivity index (χ4v) is 3.21. The van der Waals surface area contributed by atoms with Crippen LogP contribution in [0, 0.1) is 17.3 Å². The van der Waals surface area contributed by atoms with E-state index in [0.29, 0.717) is 25.5 Å². The number of ether oxygens (including phenoxy) is 1. The summed E-state index contributed by atoms with van der Waals surface area (Å²) in [5, 5.41) is 9.36. The molecule has 122 valence electrons. The van der Waals surface area contributed by atoms with Gasteiger partial charge >= 0.3 is 12.1 Å². The van der Waals surface area contributed by atoms with Crippen LogP contribution in [0.25, 0.3) is 0 Å². The highest BCUT2D eigenvalue weighted by Crippen LogP contribution is 2.38. The molecule has 21 heavy (non-hydrogen) atoms. The van der Waals surface area contributed by atoms with E-state index in [-0.39, 0.29) is 23.3 Å². The van der Waals surface area contributed by atoms with Crippen molar-refractivity contribution in [3.8, 4) is 0 Å². The molecule has 0 spiro atoms. The molecule has 1 aliphatic heterocycles. The first-order valence-corrected chi connectivity index (χ1v) is 7.82. The first kappa shape index (κ1) is 17.8. The number of carboxylic acid groups (broad SMARTS) is 1. The molecule has 1 fully saturated rings. The summed E-state index contributed by atoms with van der Waals surface area (Å²) in [6.45, 7) is 11.1. The van der Waals surface area contributed by atoms with Gasteiger partial charge in [0.15, 0.2) is 0 Å². The Kier molecular flexibility index (Phi) is 6.05. The predicted octanol–water partition coefficient (Wildman–Crippen LogP) is 3.38. The van der Waals surface area contributed by atoms with Crippen LogP contribution in [0.3, 0.4) is 0 Å². The van der Waals surface area contributed by atoms with Gasteiger partial charge in [-0.05, 0) is 37.0 Å². The number of esters is 1. The SMILES string of the molecule is CCOC(=O)CC(C)C1CCN(C(=O)O)C(C(C)(C)C)C1. The molecule has 5 nitrogen and oxygen atoms in total. The van der Waals surface area contributed by atoms with Crippen molar-refractivity contribution in [2.24, 2.45) is 17.3 Å². The van der Waals surface area contributed by atoms with Crippen LogP contribution in [0.5, 0.6) is 0 Å². The Hall–Kier alpha value is -1.26. The number of piperidine rings is 1. The first-order chi connectivity index (χ1) is 9.66. The molecule has 3 unspecified atom stereocenters. The number of amides is 1. The van der Waals surface area contributed by atoms with Crippen LogP contribution in [0.2, 0.25) is 0 Å². The molecule has 0 aliphatic carbocycles. The molecule has 1 heterocycles. The number of rotatable bonds is 4. The van der Waals surface area contributed by atoms with Crippen molar-refractivity contribution < 1.29 is 19.4 Å². The lowest BCUT2D eigenvalue weighted by Crippen LogP contribution is -2.52. The summed E-state index contributed by atoms with van der Waals surface area (Å²) in [6, 6.07) is -0.00149. The van der Waals surface area contributed by atoms with Crippen molar-refractivity contribution in [2.75, 3.05) is 13.2 Å². The summed E-state index contributed by atoms with van der Waals surface area (Å²) in [5.74, 6) is 0.442. The Bertz CT molecular complexity index is 375. The highest BCUT2D eigenvalue weighted by atomic mass is 16.5. The van der Waals surface area contributed by atoms with Gasteiger partial charge in [0.2, 0.25) is 0 Å². The standard InChI is InChI=1S/C16H29NO4/c1-6-21-14(18)9-11(2)12-7-8-17(15(19)20)13(10-12)16(3,4)5/h11-13H,6-10H2,1-5H3,(H,19,20). The fourth-order valence-electron chi connectivity index (χ4n) is 3.21. The van der Waals surface area contributed by atoms with Crippen molar-refractivity contribution in [3.05, 3.63) is 0 Å². The monoisotopic (exact) mass is 299 g/mol. The van der Waals surface area contributed by atoms with Gasteiger partial charge < -0.3 is 14.7 Å². The number of hydrogen-bond donors (Lipinski definition) is 1. The molecule has 5 heteroatoms. The Morgan fingerprint density at radius 1 is 1.38 bits per heavy atom. The van der Waals surface area contributed by atoms with E-state index < -0.39 is 6.09 Å². The van der Waals surface area contributed by atoms with Crippen LogP contribution in [0.4, 0.5) is 4.79 Å². The third kappa shape index (κ3) is 4.90. The van der Waals surface area contributed by atoms with Crippen molar-refractivity contribution in [3.63, 3.8) is 0 Å². The topological polar surface area (TPSA) is 66.8 Å². The molecule has 0 bridgehead atoms. The molecule has 1 aliphatic rings. The Labute approximate surface area is 127 Å². The number of carbonyl (C=O) groups excluding carboxylic acids is 1. The fraction of sp³-hybridized carbons (Fsp3) is 0.875. The average molecular weight is 299 g/mol. The molecule has 0 aromatic heterocycles. The number of nitrogens with zero attached hydrogens (tertiary/aromatic N) is 1. The highest BCUT2D eigenvalue weighted by molar-refractivity contribution is 5.69. The van der Waals surface area contributed by atoms with Crippen LogP contribution in [0.15, 0.2) is 0 Å². The van der Waals surface area contributed by atoms with Crippen molar-refractivity contribution in [2.45, 2.75) is 59.9 Å². The van der Waals surface area contributed by atoms with Gasteiger partial charge in [-0.3, -0.25) is 4.79 Å². The molecule has 0 aromatic carbocycles. The molecule has 0 radical (unpaired) electrons. The number of carbonyl (C=O) groups is 2. The molecule has 0 saturated carbocycles. The lowest BCUT2D eigenvalue weighted by atomic mass is 9.73. The van der Waals surface area contributed by atoms with E-state index in [0.717, 1.165) is 12.8 Å². The van der Waals surface area contributed by atoms with E-state index in [2.05, 4.69) is 27.7 Å². The van der Waals surface area contributed by atoms with E-state index in [4.69, 9.17) is 4.74 Å². The minimum Gasteiger partial charge on any atom is -0.466 e. The van der Waals surface area contributed by atoms with E-state index in [1.807, 2.05) is 6.92 Å². The molecule has 1 rings (SSSR count). The molecule has 3 atom stereocenters. The van der Waals surface area contributed by atoms with E-state index >= 15 is 0 Å². The van der Waals surface area contributed by atoms with Crippen LogP contribution in [-0.2, 0) is 9.53 Å². The summed E-state index contributed by atoms with van der Waals surface area (Å²) in [5.41, 5.74) is -0.0965. The second kappa shape index (κ2) is 7.14. The zero-order valence-corrected chi connectivity index (χ0v) is 13.9. The molecule has 0 aromatic rings. The highest BCUT2D eigenvalue weighted by Gasteiger charge is 2.40.